The predicted octanol–water partition coefficient (Wildman–Crippen LogP) is 16.6. The average molecular weight is 866 g/mol. The van der Waals surface area contributed by atoms with Crippen molar-refractivity contribution in [3.8, 4) is 39.4 Å². The van der Waals surface area contributed by atoms with Gasteiger partial charge in [0.15, 0.2) is 0 Å². The van der Waals surface area contributed by atoms with Gasteiger partial charge in [-0.25, -0.2) is 0 Å². The summed E-state index contributed by atoms with van der Waals surface area (Å²) in [4.78, 5) is 7.29. The molecule has 0 saturated carbocycles. The first-order valence-electron chi connectivity index (χ1n) is 23.3. The molecule has 5 heterocycles. The summed E-state index contributed by atoms with van der Waals surface area (Å²) in [7, 11) is 0. The Labute approximate surface area is 391 Å². The molecule has 0 N–H and O–H groups in total. The van der Waals surface area contributed by atoms with Gasteiger partial charge in [-0.3, -0.25) is 4.98 Å². The minimum atomic E-state index is 0.953. The largest absolute Gasteiger partial charge is 0.309 e. The normalized spacial score (nSPS) is 12.4. The van der Waals surface area contributed by atoms with E-state index in [0.29, 0.717) is 0 Å². The van der Waals surface area contributed by atoms with Crippen molar-refractivity contribution < 1.29 is 0 Å². The highest BCUT2D eigenvalue weighted by atomic mass is 15.2. The van der Waals surface area contributed by atoms with Crippen LogP contribution >= 0.6 is 0 Å². The lowest BCUT2D eigenvalue weighted by Gasteiger charge is -2.34. The molecule has 5 heteroatoms. The summed E-state index contributed by atoms with van der Waals surface area (Å²) < 4.78 is 7.29. The third-order valence-electron chi connectivity index (χ3n) is 14.4. The maximum Gasteiger partial charge on any atom is 0.0702 e. The number of pyridine rings is 1. The molecule has 0 saturated heterocycles. The van der Waals surface area contributed by atoms with Crippen molar-refractivity contribution in [2.75, 3.05) is 4.90 Å². The van der Waals surface area contributed by atoms with Gasteiger partial charge in [0.2, 0.25) is 0 Å². The van der Waals surface area contributed by atoms with Gasteiger partial charge in [-0.05, 0) is 114 Å². The predicted molar refractivity (Wildman–Crippen MR) is 284 cm³/mol. The molecular weight excluding hydrogens is 827 g/mol. The van der Waals surface area contributed by atoms with Crippen molar-refractivity contribution in [2.45, 2.75) is 0 Å². The van der Waals surface area contributed by atoms with E-state index < -0.39 is 0 Å². The number of para-hydroxylation sites is 4. The van der Waals surface area contributed by atoms with Crippen LogP contribution in [0.15, 0.2) is 237 Å². The van der Waals surface area contributed by atoms with Crippen molar-refractivity contribution in [2.24, 2.45) is 0 Å². The van der Waals surface area contributed by atoms with Crippen LogP contribution in [0.2, 0.25) is 0 Å². The standard InChI is InChI=1S/C63H39N5/c1-5-27-55-46(21-1)47-22-2-6-28-56(47)65(55)42-17-13-19-44(36-42)67-59-33-32-41(54-26-9-10-34-64-54)35-51(59)53-38-52-50-25-11-15-40-16-12-31-60(63(40)50)68(61(52)39-62(53)67)45-20-14-18-43(37-45)66-57-29-7-3-23-48(57)49-24-4-8-30-58(49)66/h1-39H. The van der Waals surface area contributed by atoms with Gasteiger partial charge in [-0.1, -0.05) is 127 Å². The fourth-order valence-electron chi connectivity index (χ4n) is 11.5. The maximum absolute atomic E-state index is 4.80. The van der Waals surface area contributed by atoms with Crippen LogP contribution in [0.25, 0.3) is 116 Å². The van der Waals surface area contributed by atoms with Crippen LogP contribution in [0, 0.1) is 0 Å². The number of nitrogens with zero attached hydrogens (tertiary/aromatic N) is 5. The molecule has 68 heavy (non-hydrogen) atoms. The highest BCUT2D eigenvalue weighted by Gasteiger charge is 2.29. The van der Waals surface area contributed by atoms with Crippen molar-refractivity contribution >= 4 is 93.3 Å². The van der Waals surface area contributed by atoms with Crippen LogP contribution in [-0.4, -0.2) is 18.7 Å². The van der Waals surface area contributed by atoms with Crippen molar-refractivity contribution in [3.05, 3.63) is 237 Å². The van der Waals surface area contributed by atoms with Crippen molar-refractivity contribution in [1.29, 1.82) is 0 Å². The Kier molecular flexibility index (Phi) is 7.72. The highest BCUT2D eigenvalue weighted by Crippen LogP contribution is 2.53. The molecule has 316 valence electrons. The number of rotatable bonds is 5. The zero-order valence-corrected chi connectivity index (χ0v) is 36.8. The summed E-state index contributed by atoms with van der Waals surface area (Å²) in [6.07, 6.45) is 1.88. The maximum atomic E-state index is 4.80. The monoisotopic (exact) mass is 865 g/mol. The Hall–Kier alpha value is -9.19. The van der Waals surface area contributed by atoms with Crippen LogP contribution in [0.5, 0.6) is 0 Å². The van der Waals surface area contributed by atoms with Gasteiger partial charge in [0.05, 0.1) is 50.2 Å². The van der Waals surface area contributed by atoms with Crippen LogP contribution in [0.3, 0.4) is 0 Å². The van der Waals surface area contributed by atoms with E-state index in [9.17, 15) is 0 Å². The van der Waals surface area contributed by atoms with Crippen LogP contribution in [-0.2, 0) is 0 Å². The van der Waals surface area contributed by atoms with E-state index in [1.165, 1.54) is 76.3 Å². The number of hydrogen-bond acceptors (Lipinski definition) is 2. The molecule has 1 aliphatic heterocycles. The smallest absolute Gasteiger partial charge is 0.0702 e. The third-order valence-corrected chi connectivity index (χ3v) is 14.4. The summed E-state index contributed by atoms with van der Waals surface area (Å²) in [5.41, 5.74) is 18.2. The number of aromatic nitrogens is 4. The SMILES string of the molecule is c1ccc(-c2ccc3c(c2)c2cc4c(cc2n3-c2cccc(-n3c5ccccc5c5ccccc53)c2)N(c2cccc(-n3c5ccccc5c5ccccc53)c2)c2cccc3cccc-4c23)nc1. The molecule has 0 fully saturated rings. The topological polar surface area (TPSA) is 30.9 Å². The molecule has 10 aromatic carbocycles. The molecule has 0 radical (unpaired) electrons. The average Bonchev–Trinajstić information content (AvgIpc) is 4.04. The third kappa shape index (κ3) is 5.24. The fraction of sp³-hybridized carbons (Fsp3) is 0. The highest BCUT2D eigenvalue weighted by molar-refractivity contribution is 6.20. The van der Waals surface area contributed by atoms with Crippen LogP contribution in [0.4, 0.5) is 17.1 Å². The second kappa shape index (κ2) is 14.2. The lowest BCUT2D eigenvalue weighted by molar-refractivity contribution is 1.13. The summed E-state index contributed by atoms with van der Waals surface area (Å²) >= 11 is 0. The summed E-state index contributed by atoms with van der Waals surface area (Å²) in [5.74, 6) is 0. The molecule has 0 unspecified atom stereocenters. The molecule has 0 spiro atoms. The van der Waals surface area contributed by atoms with E-state index in [1.807, 2.05) is 12.3 Å². The number of fused-ring (bicyclic) bond motifs is 11. The molecule has 0 bridgehead atoms. The summed E-state index contributed by atoms with van der Waals surface area (Å²) in [6, 6.07) is 84.5. The Morgan fingerprint density at radius 1 is 0.294 bits per heavy atom. The van der Waals surface area contributed by atoms with Crippen molar-refractivity contribution in [3.63, 3.8) is 0 Å². The fourth-order valence-corrected chi connectivity index (χ4v) is 11.5. The molecule has 1 aliphatic rings. The molecule has 0 aliphatic carbocycles. The van der Waals surface area contributed by atoms with Gasteiger partial charge in [-0.15, -0.1) is 0 Å². The Morgan fingerprint density at radius 2 is 0.794 bits per heavy atom. The van der Waals surface area contributed by atoms with E-state index in [-0.39, 0.29) is 0 Å². The van der Waals surface area contributed by atoms with Crippen LogP contribution in [0.1, 0.15) is 0 Å². The first-order chi connectivity index (χ1) is 33.7. The number of hydrogen-bond donors (Lipinski definition) is 0. The Morgan fingerprint density at radius 3 is 1.40 bits per heavy atom. The van der Waals surface area contributed by atoms with E-state index >= 15 is 0 Å². The zero-order chi connectivity index (χ0) is 44.5. The van der Waals surface area contributed by atoms with Gasteiger partial charge in [-0.2, -0.15) is 0 Å². The first kappa shape index (κ1) is 37.1. The van der Waals surface area contributed by atoms with Gasteiger partial charge < -0.3 is 18.6 Å². The Balaban J connectivity index is 1.01. The molecule has 4 aromatic heterocycles. The summed E-state index contributed by atoms with van der Waals surface area (Å²) in [6.45, 7) is 0. The van der Waals surface area contributed by atoms with E-state index in [4.69, 9.17) is 4.98 Å². The molecular formula is C63H39N5. The first-order valence-corrected chi connectivity index (χ1v) is 23.3. The van der Waals surface area contributed by atoms with Crippen molar-refractivity contribution in [1.82, 2.24) is 18.7 Å². The quantitative estimate of drug-likeness (QED) is 0.173. The van der Waals surface area contributed by atoms with Gasteiger partial charge in [0.1, 0.15) is 0 Å². The van der Waals surface area contributed by atoms with Gasteiger partial charge in [0, 0.05) is 77.8 Å². The zero-order valence-electron chi connectivity index (χ0n) is 36.8. The lowest BCUT2D eigenvalue weighted by Crippen LogP contribution is -2.15. The van der Waals surface area contributed by atoms with E-state index in [2.05, 4.69) is 243 Å². The minimum Gasteiger partial charge on any atom is -0.309 e. The molecule has 15 rings (SSSR count). The molecule has 14 aromatic rings. The second-order valence-corrected chi connectivity index (χ2v) is 18.0. The lowest BCUT2D eigenvalue weighted by atomic mass is 9.89. The number of anilines is 3. The Bertz CT molecular complexity index is 4290. The van der Waals surface area contributed by atoms with E-state index in [0.717, 1.165) is 56.4 Å². The van der Waals surface area contributed by atoms with Gasteiger partial charge in [0.25, 0.3) is 0 Å². The molecule has 5 nitrogen and oxygen atoms in total. The van der Waals surface area contributed by atoms with Gasteiger partial charge >= 0.3 is 0 Å². The van der Waals surface area contributed by atoms with E-state index in [1.54, 1.807) is 0 Å². The molecule has 0 amide bonds. The second-order valence-electron chi connectivity index (χ2n) is 18.0. The molecule has 0 atom stereocenters. The summed E-state index contributed by atoms with van der Waals surface area (Å²) in [5, 5.41) is 9.83. The van der Waals surface area contributed by atoms with Crippen LogP contribution < -0.4 is 4.90 Å². The number of benzene rings is 10. The minimum absolute atomic E-state index is 0.953.